The minimum Gasteiger partial charge on any atom is -0.497 e. The molecule has 0 aliphatic carbocycles. The van der Waals surface area contributed by atoms with Crippen LogP contribution in [-0.4, -0.2) is 24.5 Å². The van der Waals surface area contributed by atoms with Crippen LogP contribution in [0.2, 0.25) is 0 Å². The number of carbonyl (C=O) groups excluding carboxylic acids is 1. The summed E-state index contributed by atoms with van der Waals surface area (Å²) < 4.78 is 5.11. The highest BCUT2D eigenvalue weighted by Gasteiger charge is 2.07. The van der Waals surface area contributed by atoms with Crippen molar-refractivity contribution in [3.05, 3.63) is 70.7 Å². The van der Waals surface area contributed by atoms with Gasteiger partial charge in [0.2, 0.25) is 5.91 Å². The molecule has 2 N–H and O–H groups in total. The summed E-state index contributed by atoms with van der Waals surface area (Å²) in [5, 5.41) is 6.53. The lowest BCUT2D eigenvalue weighted by molar-refractivity contribution is -0.114. The van der Waals surface area contributed by atoms with Crippen LogP contribution in [0.3, 0.4) is 0 Å². The Bertz CT molecular complexity index is 858. The molecule has 1 aromatic heterocycles. The van der Waals surface area contributed by atoms with Crippen LogP contribution in [0.5, 0.6) is 5.75 Å². The number of carbonyl (C=O) groups is 1. The van der Waals surface area contributed by atoms with E-state index in [0.29, 0.717) is 5.13 Å². The molecule has 0 spiro atoms. The Morgan fingerprint density at radius 2 is 1.85 bits per heavy atom. The van der Waals surface area contributed by atoms with Gasteiger partial charge in [0.15, 0.2) is 5.13 Å². The molecule has 0 atom stereocenters. The van der Waals surface area contributed by atoms with Crippen molar-refractivity contribution in [1.82, 2.24) is 4.98 Å². The molecule has 0 unspecified atom stereocenters. The number of thiazole rings is 1. The highest BCUT2D eigenvalue weighted by Crippen LogP contribution is 2.21. The number of hydrogen-bond donors (Lipinski definition) is 2. The maximum atomic E-state index is 12.1. The van der Waals surface area contributed by atoms with Gasteiger partial charge < -0.3 is 15.4 Å². The van der Waals surface area contributed by atoms with Gasteiger partial charge in [0.25, 0.3) is 0 Å². The lowest BCUT2D eigenvalue weighted by Gasteiger charge is -2.07. The first-order chi connectivity index (χ1) is 12.6. The molecule has 3 rings (SSSR count). The zero-order valence-corrected chi connectivity index (χ0v) is 15.6. The molecular weight excluding hydrogens is 346 g/mol. The number of amides is 1. The summed E-state index contributed by atoms with van der Waals surface area (Å²) >= 11 is 1.50. The Balaban J connectivity index is 1.49. The zero-order valence-electron chi connectivity index (χ0n) is 14.8. The maximum Gasteiger partial charge on any atom is 0.245 e. The molecule has 5 nitrogen and oxygen atoms in total. The molecule has 3 aromatic rings. The number of anilines is 2. The van der Waals surface area contributed by atoms with E-state index in [-0.39, 0.29) is 12.5 Å². The number of aryl methyl sites for hydroxylation is 1. The lowest BCUT2D eigenvalue weighted by Crippen LogP contribution is -2.21. The average Bonchev–Trinajstić information content (AvgIpc) is 3.09. The van der Waals surface area contributed by atoms with E-state index in [1.807, 2.05) is 30.5 Å². The third kappa shape index (κ3) is 5.07. The van der Waals surface area contributed by atoms with Crippen molar-refractivity contribution in [2.45, 2.75) is 13.3 Å². The summed E-state index contributed by atoms with van der Waals surface area (Å²) in [7, 11) is 1.62. The van der Waals surface area contributed by atoms with Crippen LogP contribution in [0.4, 0.5) is 10.8 Å². The maximum absolute atomic E-state index is 12.1. The number of aromatic nitrogens is 1. The monoisotopic (exact) mass is 367 g/mol. The fourth-order valence-electron chi connectivity index (χ4n) is 2.41. The predicted octanol–water partition coefficient (Wildman–Crippen LogP) is 4.10. The summed E-state index contributed by atoms with van der Waals surface area (Å²) in [6, 6.07) is 15.9. The first kappa shape index (κ1) is 17.9. The van der Waals surface area contributed by atoms with E-state index in [1.165, 1.54) is 22.5 Å². The second-order valence-electron chi connectivity index (χ2n) is 5.92. The molecule has 2 aromatic carbocycles. The van der Waals surface area contributed by atoms with Gasteiger partial charge in [-0.1, -0.05) is 29.8 Å². The molecular formula is C20H21N3O2S. The van der Waals surface area contributed by atoms with Crippen molar-refractivity contribution >= 4 is 28.1 Å². The summed E-state index contributed by atoms with van der Waals surface area (Å²) in [6.07, 6.45) is 2.63. The first-order valence-electron chi connectivity index (χ1n) is 8.30. The number of hydrogen-bond acceptors (Lipinski definition) is 5. The molecule has 26 heavy (non-hydrogen) atoms. The van der Waals surface area contributed by atoms with Crippen LogP contribution in [-0.2, 0) is 11.2 Å². The molecule has 134 valence electrons. The normalized spacial score (nSPS) is 10.4. The lowest BCUT2D eigenvalue weighted by atomic mass is 10.1. The number of nitrogens with zero attached hydrogens (tertiary/aromatic N) is 1. The van der Waals surface area contributed by atoms with Gasteiger partial charge in [0.1, 0.15) is 5.75 Å². The van der Waals surface area contributed by atoms with E-state index in [4.69, 9.17) is 4.74 Å². The van der Waals surface area contributed by atoms with Crippen molar-refractivity contribution in [2.75, 3.05) is 24.3 Å². The second kappa shape index (κ2) is 8.49. The Hall–Kier alpha value is -2.86. The summed E-state index contributed by atoms with van der Waals surface area (Å²) in [6.45, 7) is 2.25. The molecule has 6 heteroatoms. The van der Waals surface area contributed by atoms with Crippen LogP contribution in [0, 0.1) is 6.92 Å². The fraction of sp³-hybridized carbons (Fsp3) is 0.200. The quantitative estimate of drug-likeness (QED) is 0.660. The predicted molar refractivity (Wildman–Crippen MR) is 106 cm³/mol. The van der Waals surface area contributed by atoms with Crippen LogP contribution in [0.25, 0.3) is 0 Å². The highest BCUT2D eigenvalue weighted by atomic mass is 32.1. The number of ether oxygens (including phenoxy) is 1. The third-order valence-corrected chi connectivity index (χ3v) is 4.75. The smallest absolute Gasteiger partial charge is 0.245 e. The number of rotatable bonds is 7. The molecule has 0 bridgehead atoms. The number of benzene rings is 2. The van der Waals surface area contributed by atoms with Gasteiger partial charge >= 0.3 is 0 Å². The average molecular weight is 367 g/mol. The number of methoxy groups -OCH3 is 1. The number of nitrogens with one attached hydrogen (secondary N) is 2. The first-order valence-corrected chi connectivity index (χ1v) is 9.12. The van der Waals surface area contributed by atoms with Crippen LogP contribution >= 0.6 is 11.3 Å². The van der Waals surface area contributed by atoms with E-state index < -0.39 is 0 Å². The molecule has 0 radical (unpaired) electrons. The topological polar surface area (TPSA) is 63.2 Å². The van der Waals surface area contributed by atoms with E-state index in [2.05, 4.69) is 46.8 Å². The van der Waals surface area contributed by atoms with Crippen LogP contribution in [0.15, 0.2) is 54.7 Å². The Labute approximate surface area is 157 Å². The summed E-state index contributed by atoms with van der Waals surface area (Å²) in [5.74, 6) is 0.654. The van der Waals surface area contributed by atoms with Crippen LogP contribution in [0.1, 0.15) is 16.0 Å². The van der Waals surface area contributed by atoms with Gasteiger partial charge in [-0.25, -0.2) is 4.98 Å². The van der Waals surface area contributed by atoms with Gasteiger partial charge in [-0.05, 0) is 36.8 Å². The van der Waals surface area contributed by atoms with Crippen molar-refractivity contribution < 1.29 is 9.53 Å². The summed E-state index contributed by atoms with van der Waals surface area (Å²) in [4.78, 5) is 17.5. The van der Waals surface area contributed by atoms with Gasteiger partial charge in [-0.3, -0.25) is 4.79 Å². The standard InChI is InChI=1S/C20H21N3O2S/c1-14-3-5-15(6-4-14)11-18-12-22-20(26-18)23-19(24)13-21-16-7-9-17(25-2)10-8-16/h3-10,12,21H,11,13H2,1-2H3,(H,22,23,24). The van der Waals surface area contributed by atoms with E-state index in [1.54, 1.807) is 7.11 Å². The molecule has 1 heterocycles. The largest absolute Gasteiger partial charge is 0.497 e. The molecule has 0 saturated heterocycles. The third-order valence-electron chi connectivity index (χ3n) is 3.84. The van der Waals surface area contributed by atoms with E-state index in [0.717, 1.165) is 22.7 Å². The second-order valence-corrected chi connectivity index (χ2v) is 7.04. The van der Waals surface area contributed by atoms with Gasteiger partial charge in [0.05, 0.1) is 13.7 Å². The molecule has 0 fully saturated rings. The summed E-state index contributed by atoms with van der Waals surface area (Å²) in [5.41, 5.74) is 3.34. The van der Waals surface area contributed by atoms with Crippen molar-refractivity contribution in [3.63, 3.8) is 0 Å². The SMILES string of the molecule is COc1ccc(NCC(=O)Nc2ncc(Cc3ccc(C)cc3)s2)cc1. The Morgan fingerprint density at radius 3 is 2.54 bits per heavy atom. The van der Waals surface area contributed by atoms with Gasteiger partial charge in [0, 0.05) is 23.2 Å². The molecule has 0 saturated carbocycles. The van der Waals surface area contributed by atoms with E-state index in [9.17, 15) is 4.79 Å². The minimum absolute atomic E-state index is 0.128. The molecule has 0 aliphatic rings. The van der Waals surface area contributed by atoms with E-state index >= 15 is 0 Å². The highest BCUT2D eigenvalue weighted by molar-refractivity contribution is 7.15. The fourth-order valence-corrected chi connectivity index (χ4v) is 3.27. The Morgan fingerprint density at radius 1 is 1.12 bits per heavy atom. The Kier molecular flexibility index (Phi) is 5.86. The zero-order chi connectivity index (χ0) is 18.4. The van der Waals surface area contributed by atoms with Gasteiger partial charge in [-0.2, -0.15) is 0 Å². The minimum atomic E-state index is -0.128. The van der Waals surface area contributed by atoms with Crippen molar-refractivity contribution in [3.8, 4) is 5.75 Å². The van der Waals surface area contributed by atoms with Crippen molar-refractivity contribution in [2.24, 2.45) is 0 Å². The van der Waals surface area contributed by atoms with Crippen LogP contribution < -0.4 is 15.4 Å². The van der Waals surface area contributed by atoms with Gasteiger partial charge in [-0.15, -0.1) is 11.3 Å². The molecule has 0 aliphatic heterocycles. The molecule has 1 amide bonds. The van der Waals surface area contributed by atoms with Crippen molar-refractivity contribution in [1.29, 1.82) is 0 Å².